The highest BCUT2D eigenvalue weighted by atomic mass is 16.5. The molecule has 4 atom stereocenters. The van der Waals surface area contributed by atoms with E-state index in [2.05, 4.69) is 74.5 Å². The van der Waals surface area contributed by atoms with Crippen molar-refractivity contribution >= 4 is 45.7 Å². The average Bonchev–Trinajstić information content (AvgIpc) is 3.50. The maximum atomic E-state index is 8.64. The lowest BCUT2D eigenvalue weighted by atomic mass is 9.67. The molecule has 0 saturated heterocycles. The number of fused-ring (bicyclic) bond motifs is 8. The molecule has 4 aliphatic rings. The van der Waals surface area contributed by atoms with Gasteiger partial charge in [-0.05, 0) is 101 Å². The zero-order chi connectivity index (χ0) is 31.9. The van der Waals surface area contributed by atoms with E-state index in [0.29, 0.717) is 18.4 Å². The van der Waals surface area contributed by atoms with Crippen LogP contribution in [0.25, 0.3) is 22.4 Å². The summed E-state index contributed by atoms with van der Waals surface area (Å²) in [5, 5.41) is 11.4. The highest BCUT2D eigenvalue weighted by molar-refractivity contribution is 6.35. The molecule has 2 aliphatic carbocycles. The van der Waals surface area contributed by atoms with Crippen molar-refractivity contribution < 1.29 is 4.74 Å². The summed E-state index contributed by atoms with van der Waals surface area (Å²) in [5.74, 6) is 1.93. The van der Waals surface area contributed by atoms with Gasteiger partial charge in [-0.15, -0.1) is 0 Å². The summed E-state index contributed by atoms with van der Waals surface area (Å²) in [6.45, 7) is 4.97. The summed E-state index contributed by atoms with van der Waals surface area (Å²) in [5.41, 5.74) is 11.9. The third kappa shape index (κ3) is 5.48. The van der Waals surface area contributed by atoms with Crippen molar-refractivity contribution in [3.05, 3.63) is 124 Å². The van der Waals surface area contributed by atoms with Crippen molar-refractivity contribution in [2.45, 2.75) is 77.4 Å². The molecule has 0 fully saturated rings. The van der Waals surface area contributed by atoms with Gasteiger partial charge in [-0.25, -0.2) is 4.99 Å². The Bertz CT molecular complexity index is 1980. The Kier molecular flexibility index (Phi) is 7.97. The minimum Gasteiger partial charge on any atom is -0.487 e. The van der Waals surface area contributed by atoms with Crippen molar-refractivity contribution in [3.8, 4) is 0 Å². The number of aryl methyl sites for hydroxylation is 1. The van der Waals surface area contributed by atoms with Gasteiger partial charge in [-0.1, -0.05) is 99.2 Å². The lowest BCUT2D eigenvalue weighted by molar-refractivity contribution is 0.220. The third-order valence-electron chi connectivity index (χ3n) is 10.7. The van der Waals surface area contributed by atoms with E-state index in [1.165, 1.54) is 33.0 Å². The van der Waals surface area contributed by atoms with Gasteiger partial charge in [0.15, 0.2) is 0 Å². The molecule has 1 radical (unpaired) electrons. The van der Waals surface area contributed by atoms with Gasteiger partial charge >= 0.3 is 0 Å². The molecular formula is C43H42N3O. The van der Waals surface area contributed by atoms with E-state index < -0.39 is 0 Å². The molecule has 0 bridgehead atoms. The second-order valence-corrected chi connectivity index (χ2v) is 13.8. The summed E-state index contributed by atoms with van der Waals surface area (Å²) >= 11 is 0. The molecule has 2 aliphatic heterocycles. The first kappa shape index (κ1) is 29.8. The number of dihydropyridines is 1. The summed E-state index contributed by atoms with van der Waals surface area (Å²) in [7, 11) is 0. The minimum absolute atomic E-state index is 0.121. The molecule has 4 heteroatoms. The number of hydrogen-bond acceptors (Lipinski definition) is 4. The molecule has 47 heavy (non-hydrogen) atoms. The SMILES string of the molecule is CCCC(=N)CCC1CCc2c(ccc3c4c(ccc23)C=CC(C)C4)C1C1N=CC(OCc2ccccc2)=C2C1=Nc1c[c]ccc12. The Morgan fingerprint density at radius 2 is 1.85 bits per heavy atom. The maximum absolute atomic E-state index is 8.64. The van der Waals surface area contributed by atoms with E-state index in [1.807, 2.05) is 36.5 Å². The van der Waals surface area contributed by atoms with Crippen LogP contribution in [0.5, 0.6) is 0 Å². The Hall–Kier alpha value is -4.57. The standard InChI is InChI=1S/C43H42N3O/c1-3-9-31(44)19-16-30-18-21-33-32-20-17-29-15-14-27(2)24-37(29)34(32)22-23-35(33)40(30)42-43-41(36-12-7-8-13-38(36)46-43)39(25-45-42)47-26-28-10-5-4-6-11-28/h4-7,10-15,17,20,22-23,25,27,30,40,42,44H,3,9,16,18-19,21,24,26H2,1-2H3. The number of allylic oxidation sites excluding steroid dienone is 2. The Morgan fingerprint density at radius 1 is 1.00 bits per heavy atom. The van der Waals surface area contributed by atoms with Crippen LogP contribution < -0.4 is 0 Å². The van der Waals surface area contributed by atoms with E-state index in [0.717, 1.165) is 84.5 Å². The number of nitrogens with zero attached hydrogens (tertiary/aromatic N) is 2. The van der Waals surface area contributed by atoms with Gasteiger partial charge in [-0.3, -0.25) is 4.99 Å². The molecule has 4 nitrogen and oxygen atoms in total. The van der Waals surface area contributed by atoms with Crippen molar-refractivity contribution in [1.82, 2.24) is 0 Å². The summed E-state index contributed by atoms with van der Waals surface area (Å²) in [6, 6.07) is 29.0. The molecule has 1 N–H and O–H groups in total. The zero-order valence-corrected chi connectivity index (χ0v) is 27.4. The summed E-state index contributed by atoms with van der Waals surface area (Å²) in [4.78, 5) is 10.6. The fourth-order valence-corrected chi connectivity index (χ4v) is 8.41. The first-order valence-electron chi connectivity index (χ1n) is 17.4. The highest BCUT2D eigenvalue weighted by Crippen LogP contribution is 2.49. The Labute approximate surface area is 278 Å². The van der Waals surface area contributed by atoms with E-state index in [4.69, 9.17) is 20.1 Å². The largest absolute Gasteiger partial charge is 0.487 e. The van der Waals surface area contributed by atoms with Crippen LogP contribution in [0.15, 0.2) is 94.6 Å². The molecule has 4 aromatic rings. The first-order valence-corrected chi connectivity index (χ1v) is 17.4. The quantitative estimate of drug-likeness (QED) is 0.187. The van der Waals surface area contributed by atoms with Crippen molar-refractivity contribution in [2.75, 3.05) is 0 Å². The smallest absolute Gasteiger partial charge is 0.147 e. The Balaban J connectivity index is 1.22. The number of nitrogens with one attached hydrogen (secondary N) is 1. The van der Waals surface area contributed by atoms with Crippen LogP contribution in [0, 0.1) is 23.3 Å². The topological polar surface area (TPSA) is 57.8 Å². The predicted molar refractivity (Wildman–Crippen MR) is 195 cm³/mol. The highest BCUT2D eigenvalue weighted by Gasteiger charge is 2.43. The van der Waals surface area contributed by atoms with Gasteiger partial charge in [0.25, 0.3) is 0 Å². The van der Waals surface area contributed by atoms with Crippen molar-refractivity contribution in [2.24, 2.45) is 21.8 Å². The molecular weight excluding hydrogens is 574 g/mol. The predicted octanol–water partition coefficient (Wildman–Crippen LogP) is 10.3. The molecule has 2 heterocycles. The fraction of sp³-hybridized carbons (Fsp3) is 0.326. The number of hydrogen-bond donors (Lipinski definition) is 1. The fourth-order valence-electron chi connectivity index (χ4n) is 8.41. The molecule has 0 spiro atoms. The van der Waals surface area contributed by atoms with Gasteiger partial charge in [0, 0.05) is 17.2 Å². The lowest BCUT2D eigenvalue weighted by Gasteiger charge is -2.39. The van der Waals surface area contributed by atoms with Crippen LogP contribution in [0.1, 0.15) is 85.3 Å². The molecule has 8 rings (SSSR count). The van der Waals surface area contributed by atoms with Crippen LogP contribution in [-0.2, 0) is 24.2 Å². The van der Waals surface area contributed by atoms with E-state index in [9.17, 15) is 0 Å². The van der Waals surface area contributed by atoms with Crippen LogP contribution in [0.2, 0.25) is 0 Å². The van der Waals surface area contributed by atoms with Gasteiger partial charge in [0.1, 0.15) is 12.4 Å². The second-order valence-electron chi connectivity index (χ2n) is 13.8. The maximum Gasteiger partial charge on any atom is 0.147 e. The molecule has 235 valence electrons. The monoisotopic (exact) mass is 616 g/mol. The van der Waals surface area contributed by atoms with Crippen molar-refractivity contribution in [1.29, 1.82) is 5.41 Å². The second kappa shape index (κ2) is 12.6. The zero-order valence-electron chi connectivity index (χ0n) is 27.4. The van der Waals surface area contributed by atoms with Gasteiger partial charge in [0.05, 0.1) is 29.2 Å². The summed E-state index contributed by atoms with van der Waals surface area (Å²) < 4.78 is 6.50. The number of ether oxygens (including phenoxy) is 1. The Morgan fingerprint density at radius 3 is 2.72 bits per heavy atom. The van der Waals surface area contributed by atoms with E-state index >= 15 is 0 Å². The average molecular weight is 617 g/mol. The molecule has 0 amide bonds. The van der Waals surface area contributed by atoms with Crippen molar-refractivity contribution in [3.63, 3.8) is 0 Å². The van der Waals surface area contributed by atoms with E-state index in [1.54, 1.807) is 0 Å². The van der Waals surface area contributed by atoms with Crippen LogP contribution in [0.4, 0.5) is 5.69 Å². The molecule has 0 aromatic heterocycles. The van der Waals surface area contributed by atoms with Crippen LogP contribution in [-0.4, -0.2) is 23.7 Å². The first-order chi connectivity index (χ1) is 23.1. The number of aliphatic imine (C=N–C) groups is 2. The normalized spacial score (nSPS) is 22.4. The number of benzene rings is 4. The minimum atomic E-state index is -0.121. The lowest BCUT2D eigenvalue weighted by Crippen LogP contribution is -2.37. The molecule has 0 saturated carbocycles. The summed E-state index contributed by atoms with van der Waals surface area (Å²) in [6.07, 6.45) is 13.6. The third-order valence-corrected chi connectivity index (χ3v) is 10.7. The molecule has 4 aromatic carbocycles. The molecule has 4 unspecified atom stereocenters. The van der Waals surface area contributed by atoms with E-state index in [-0.39, 0.29) is 12.0 Å². The van der Waals surface area contributed by atoms with Crippen LogP contribution in [0.3, 0.4) is 0 Å². The van der Waals surface area contributed by atoms with Gasteiger partial charge in [-0.2, -0.15) is 0 Å². The van der Waals surface area contributed by atoms with Gasteiger partial charge in [0.2, 0.25) is 0 Å². The van der Waals surface area contributed by atoms with Gasteiger partial charge < -0.3 is 10.1 Å². The van der Waals surface area contributed by atoms with Crippen LogP contribution >= 0.6 is 0 Å². The number of rotatable bonds is 9.